The van der Waals surface area contributed by atoms with Crippen molar-refractivity contribution in [3.8, 4) is 0 Å². The number of carbonyl (C=O) groups excluding carboxylic acids is 2. The average molecular weight is 497 g/mol. The maximum atomic E-state index is 13.3. The lowest BCUT2D eigenvalue weighted by Crippen LogP contribution is -2.44. The van der Waals surface area contributed by atoms with Gasteiger partial charge < -0.3 is 19.9 Å². The van der Waals surface area contributed by atoms with Crippen LogP contribution < -0.4 is 10.2 Å². The minimum atomic E-state index is -4.50. The number of ether oxygens (including phenoxy) is 1. The fraction of sp³-hybridized carbons (Fsp3) is 0.680. The van der Waals surface area contributed by atoms with E-state index in [1.165, 1.54) is 18.9 Å². The molecule has 1 N–H and O–H groups in total. The maximum Gasteiger partial charge on any atom is 0.416 e. The van der Waals surface area contributed by atoms with Gasteiger partial charge in [0.1, 0.15) is 0 Å². The Morgan fingerprint density at radius 1 is 0.943 bits per heavy atom. The molecule has 194 valence electrons. The lowest BCUT2D eigenvalue weighted by Gasteiger charge is -2.34. The molecule has 0 bridgehead atoms. The van der Waals surface area contributed by atoms with Gasteiger partial charge in [0.15, 0.2) is 0 Å². The van der Waals surface area contributed by atoms with Crippen LogP contribution in [0.3, 0.4) is 0 Å². The molecule has 10 heteroatoms. The van der Waals surface area contributed by atoms with E-state index >= 15 is 0 Å². The zero-order chi connectivity index (χ0) is 24.8. The van der Waals surface area contributed by atoms with Gasteiger partial charge in [-0.2, -0.15) is 13.2 Å². The molecule has 0 spiro atoms. The smallest absolute Gasteiger partial charge is 0.378 e. The molecular formula is C25H35F3N4O3. The van der Waals surface area contributed by atoms with Gasteiger partial charge in [0, 0.05) is 32.1 Å². The maximum absolute atomic E-state index is 13.3. The molecule has 7 nitrogen and oxygen atoms in total. The number of rotatable bonds is 5. The number of nitrogens with one attached hydrogen (secondary N) is 1. The number of hydrogen-bond acceptors (Lipinski definition) is 5. The van der Waals surface area contributed by atoms with Crippen LogP contribution in [0.25, 0.3) is 0 Å². The Hall–Kier alpha value is -2.33. The fourth-order valence-corrected chi connectivity index (χ4v) is 5.17. The van der Waals surface area contributed by atoms with E-state index in [0.717, 1.165) is 38.1 Å². The topological polar surface area (TPSA) is 65.1 Å². The summed E-state index contributed by atoms with van der Waals surface area (Å²) < 4.78 is 45.3. The molecule has 0 aromatic heterocycles. The third kappa shape index (κ3) is 6.88. The van der Waals surface area contributed by atoms with E-state index in [4.69, 9.17) is 4.74 Å². The van der Waals surface area contributed by atoms with Crippen LogP contribution in [0.2, 0.25) is 0 Å². The summed E-state index contributed by atoms with van der Waals surface area (Å²) in [5, 5.41) is 2.72. The van der Waals surface area contributed by atoms with Crippen molar-refractivity contribution in [2.75, 3.05) is 69.2 Å². The van der Waals surface area contributed by atoms with Gasteiger partial charge in [-0.25, -0.2) is 0 Å². The van der Waals surface area contributed by atoms with Crippen LogP contribution in [-0.4, -0.2) is 80.6 Å². The summed E-state index contributed by atoms with van der Waals surface area (Å²) in [6.07, 6.45) is 1.38. The SMILES string of the molecule is O=C(CN1CCC(C(=O)N2CCCCCC2)CC1)Nc1cc(C(F)(F)F)ccc1N1CCOCC1. The fourth-order valence-electron chi connectivity index (χ4n) is 5.17. The summed E-state index contributed by atoms with van der Waals surface area (Å²) in [6, 6.07) is 3.48. The average Bonchev–Trinajstić information content (AvgIpc) is 3.14. The van der Waals surface area contributed by atoms with E-state index in [1.54, 1.807) is 0 Å². The summed E-state index contributed by atoms with van der Waals surface area (Å²) in [5.41, 5.74) is -0.0630. The number of morpholine rings is 1. The number of piperidine rings is 1. The molecule has 4 rings (SSSR count). The van der Waals surface area contributed by atoms with E-state index in [1.807, 2.05) is 14.7 Å². The number of amides is 2. The largest absolute Gasteiger partial charge is 0.416 e. The van der Waals surface area contributed by atoms with Crippen LogP contribution >= 0.6 is 0 Å². The Bertz CT molecular complexity index is 873. The molecule has 3 aliphatic heterocycles. The molecule has 3 fully saturated rings. The third-order valence-corrected chi connectivity index (χ3v) is 7.17. The van der Waals surface area contributed by atoms with Crippen LogP contribution in [-0.2, 0) is 20.5 Å². The molecule has 3 heterocycles. The van der Waals surface area contributed by atoms with E-state index in [-0.39, 0.29) is 30.0 Å². The van der Waals surface area contributed by atoms with E-state index in [9.17, 15) is 22.8 Å². The van der Waals surface area contributed by atoms with Crippen LogP contribution in [0, 0.1) is 5.92 Å². The number of benzene rings is 1. The Morgan fingerprint density at radius 2 is 1.60 bits per heavy atom. The second-order valence-electron chi connectivity index (χ2n) is 9.67. The van der Waals surface area contributed by atoms with Gasteiger partial charge in [0.2, 0.25) is 11.8 Å². The van der Waals surface area contributed by atoms with Crippen molar-refractivity contribution in [2.45, 2.75) is 44.7 Å². The van der Waals surface area contributed by atoms with Gasteiger partial charge in [-0.05, 0) is 57.0 Å². The molecule has 35 heavy (non-hydrogen) atoms. The third-order valence-electron chi connectivity index (χ3n) is 7.17. The number of anilines is 2. The molecule has 0 radical (unpaired) electrons. The minimum absolute atomic E-state index is 0.0104. The Kier molecular flexibility index (Phi) is 8.54. The molecule has 3 aliphatic rings. The number of nitrogens with zero attached hydrogens (tertiary/aromatic N) is 3. The van der Waals surface area contributed by atoms with Gasteiger partial charge in [0.05, 0.1) is 36.7 Å². The molecule has 1 aromatic rings. The van der Waals surface area contributed by atoms with Crippen molar-refractivity contribution in [3.63, 3.8) is 0 Å². The first kappa shape index (κ1) is 25.8. The lowest BCUT2D eigenvalue weighted by atomic mass is 9.95. The molecule has 1 aromatic carbocycles. The zero-order valence-electron chi connectivity index (χ0n) is 20.1. The number of carbonyl (C=O) groups is 2. The van der Waals surface area contributed by atoms with Gasteiger partial charge in [-0.3, -0.25) is 14.5 Å². The number of halogens is 3. The van der Waals surface area contributed by atoms with Gasteiger partial charge in [0.25, 0.3) is 0 Å². The van der Waals surface area contributed by atoms with Crippen molar-refractivity contribution in [2.24, 2.45) is 5.92 Å². The standard InChI is InChI=1S/C25H35F3N4O3/c26-25(27,28)20-5-6-22(31-13-15-35-16-14-31)21(17-20)29-23(33)18-30-11-7-19(8-12-30)24(34)32-9-3-1-2-4-10-32/h5-6,17,19H,1-4,7-16,18H2,(H,29,33). The first-order chi connectivity index (χ1) is 16.8. The van der Waals surface area contributed by atoms with Crippen LogP contribution in [0.5, 0.6) is 0 Å². The summed E-state index contributed by atoms with van der Waals surface area (Å²) in [7, 11) is 0. The number of likely N-dealkylation sites (tertiary alicyclic amines) is 2. The van der Waals surface area contributed by atoms with Crippen LogP contribution in [0.4, 0.5) is 24.5 Å². The highest BCUT2D eigenvalue weighted by Gasteiger charge is 2.33. The summed E-state index contributed by atoms with van der Waals surface area (Å²) in [6.45, 7) is 5.07. The van der Waals surface area contributed by atoms with E-state index in [2.05, 4.69) is 5.32 Å². The molecule has 0 aliphatic carbocycles. The van der Waals surface area contributed by atoms with Crippen LogP contribution in [0.15, 0.2) is 18.2 Å². The quantitative estimate of drug-likeness (QED) is 0.675. The Balaban J connectivity index is 1.34. The number of alkyl halides is 3. The van der Waals surface area contributed by atoms with Crippen molar-refractivity contribution >= 4 is 23.2 Å². The predicted molar refractivity (Wildman–Crippen MR) is 127 cm³/mol. The van der Waals surface area contributed by atoms with Crippen LogP contribution in [0.1, 0.15) is 44.1 Å². The summed E-state index contributed by atoms with van der Waals surface area (Å²) in [5.74, 6) is -0.130. The Morgan fingerprint density at radius 3 is 2.23 bits per heavy atom. The monoisotopic (exact) mass is 496 g/mol. The van der Waals surface area contributed by atoms with E-state index < -0.39 is 11.7 Å². The molecule has 2 amide bonds. The first-order valence-electron chi connectivity index (χ1n) is 12.7. The highest BCUT2D eigenvalue weighted by Crippen LogP contribution is 2.36. The normalized spacial score (nSPS) is 21.0. The molecule has 3 saturated heterocycles. The highest BCUT2D eigenvalue weighted by molar-refractivity contribution is 5.96. The highest BCUT2D eigenvalue weighted by atomic mass is 19.4. The molecule has 0 saturated carbocycles. The van der Waals surface area contributed by atoms with Gasteiger partial charge in [-0.1, -0.05) is 12.8 Å². The summed E-state index contributed by atoms with van der Waals surface area (Å²) >= 11 is 0. The second kappa shape index (κ2) is 11.6. The molecule has 0 atom stereocenters. The molecular weight excluding hydrogens is 461 g/mol. The Labute approximate surface area is 204 Å². The van der Waals surface area contributed by atoms with Crippen molar-refractivity contribution in [3.05, 3.63) is 23.8 Å². The second-order valence-corrected chi connectivity index (χ2v) is 9.67. The minimum Gasteiger partial charge on any atom is -0.378 e. The van der Waals surface area contributed by atoms with Crippen molar-refractivity contribution in [1.29, 1.82) is 0 Å². The summed E-state index contributed by atoms with van der Waals surface area (Å²) in [4.78, 5) is 31.6. The van der Waals surface area contributed by atoms with E-state index in [0.29, 0.717) is 57.9 Å². The zero-order valence-corrected chi connectivity index (χ0v) is 20.1. The van der Waals surface area contributed by atoms with Gasteiger partial charge in [-0.15, -0.1) is 0 Å². The van der Waals surface area contributed by atoms with Crippen molar-refractivity contribution < 1.29 is 27.5 Å². The predicted octanol–water partition coefficient (Wildman–Crippen LogP) is 3.60. The molecule has 0 unspecified atom stereocenters. The lowest BCUT2D eigenvalue weighted by molar-refractivity contribution is -0.138. The number of hydrogen-bond donors (Lipinski definition) is 1. The van der Waals surface area contributed by atoms with Gasteiger partial charge >= 0.3 is 6.18 Å². The van der Waals surface area contributed by atoms with Crippen molar-refractivity contribution in [1.82, 2.24) is 9.80 Å². The first-order valence-corrected chi connectivity index (χ1v) is 12.7.